The molecule has 1 rings (SSSR count). The lowest BCUT2D eigenvalue weighted by atomic mass is 10.2. The Kier molecular flexibility index (Phi) is 7.69. The maximum Gasteiger partial charge on any atom is 0.223 e. The third kappa shape index (κ3) is 6.26. The number of hydrogen-bond donors (Lipinski definition) is 0. The van der Waals surface area contributed by atoms with E-state index in [1.54, 1.807) is 31.5 Å². The number of rotatable bonds is 9. The van der Waals surface area contributed by atoms with Crippen LogP contribution in [0.2, 0.25) is 0 Å². The van der Waals surface area contributed by atoms with Crippen LogP contribution >= 0.6 is 0 Å². The molecule has 0 aliphatic rings. The first-order valence-corrected chi connectivity index (χ1v) is 6.27. The monoisotopic (exact) mass is 267 g/mol. The third-order valence-electron chi connectivity index (χ3n) is 2.72. The fourth-order valence-electron chi connectivity index (χ4n) is 1.63. The van der Waals surface area contributed by atoms with Crippen molar-refractivity contribution < 1.29 is 14.3 Å². The van der Waals surface area contributed by atoms with Crippen LogP contribution in [0.25, 0.3) is 0 Å². The quantitative estimate of drug-likeness (QED) is 0.653. The highest BCUT2D eigenvalue weighted by Crippen LogP contribution is 2.02. The van der Waals surface area contributed by atoms with Crippen molar-refractivity contribution >= 4 is 5.91 Å². The summed E-state index contributed by atoms with van der Waals surface area (Å²) in [5, 5.41) is 0. The molecule has 1 heterocycles. The standard InChI is InChI=1S/C13H21N3O3/c1-18-7-5-16(6-8-19-2)13(17)4-3-12-9-14-11-15-10-12/h9-11H,3-8H2,1-2H3. The molecule has 0 aromatic carbocycles. The molecule has 106 valence electrons. The van der Waals surface area contributed by atoms with Gasteiger partial charge in [0.1, 0.15) is 6.33 Å². The number of hydrogen-bond acceptors (Lipinski definition) is 5. The number of amides is 1. The Morgan fingerprint density at radius 3 is 2.26 bits per heavy atom. The molecule has 0 atom stereocenters. The van der Waals surface area contributed by atoms with E-state index in [-0.39, 0.29) is 5.91 Å². The lowest BCUT2D eigenvalue weighted by Crippen LogP contribution is -2.36. The molecule has 0 fully saturated rings. The van der Waals surface area contributed by atoms with Crippen molar-refractivity contribution in [3.05, 3.63) is 24.3 Å². The molecule has 0 aliphatic carbocycles. The zero-order valence-electron chi connectivity index (χ0n) is 11.5. The Hall–Kier alpha value is -1.53. The van der Waals surface area contributed by atoms with Crippen LogP contribution in [0, 0.1) is 0 Å². The molecule has 6 heteroatoms. The second kappa shape index (κ2) is 9.41. The summed E-state index contributed by atoms with van der Waals surface area (Å²) in [6, 6.07) is 0. The van der Waals surface area contributed by atoms with E-state index in [0.717, 1.165) is 5.56 Å². The molecule has 0 saturated carbocycles. The number of ether oxygens (including phenoxy) is 2. The molecular weight excluding hydrogens is 246 g/mol. The largest absolute Gasteiger partial charge is 0.383 e. The molecule has 6 nitrogen and oxygen atoms in total. The van der Waals surface area contributed by atoms with Gasteiger partial charge in [-0.1, -0.05) is 0 Å². The van der Waals surface area contributed by atoms with Gasteiger partial charge < -0.3 is 14.4 Å². The number of aromatic nitrogens is 2. The van der Waals surface area contributed by atoms with Crippen LogP contribution in [0.3, 0.4) is 0 Å². The van der Waals surface area contributed by atoms with Crippen molar-refractivity contribution in [1.29, 1.82) is 0 Å². The minimum atomic E-state index is 0.0953. The molecule has 0 bridgehead atoms. The summed E-state index contributed by atoms with van der Waals surface area (Å²) in [5.74, 6) is 0.0953. The predicted molar refractivity (Wildman–Crippen MR) is 70.7 cm³/mol. The highest BCUT2D eigenvalue weighted by atomic mass is 16.5. The number of nitrogens with zero attached hydrogens (tertiary/aromatic N) is 3. The van der Waals surface area contributed by atoms with Crippen molar-refractivity contribution in [2.75, 3.05) is 40.5 Å². The topological polar surface area (TPSA) is 64.6 Å². The normalized spacial score (nSPS) is 10.4. The van der Waals surface area contributed by atoms with E-state index in [2.05, 4.69) is 9.97 Å². The molecule has 0 unspecified atom stereocenters. The van der Waals surface area contributed by atoms with Crippen LogP contribution in [0.4, 0.5) is 0 Å². The molecule has 1 aromatic rings. The van der Waals surface area contributed by atoms with Crippen LogP contribution in [-0.4, -0.2) is 61.3 Å². The van der Waals surface area contributed by atoms with Crippen molar-refractivity contribution in [2.45, 2.75) is 12.8 Å². The zero-order valence-corrected chi connectivity index (χ0v) is 11.5. The lowest BCUT2D eigenvalue weighted by molar-refractivity contribution is -0.132. The Bertz CT molecular complexity index is 351. The van der Waals surface area contributed by atoms with E-state index < -0.39 is 0 Å². The minimum Gasteiger partial charge on any atom is -0.383 e. The lowest BCUT2D eigenvalue weighted by Gasteiger charge is -2.22. The molecule has 0 radical (unpaired) electrons. The maximum absolute atomic E-state index is 12.1. The van der Waals surface area contributed by atoms with Gasteiger partial charge in [-0.15, -0.1) is 0 Å². The highest BCUT2D eigenvalue weighted by molar-refractivity contribution is 5.76. The molecule has 0 N–H and O–H groups in total. The molecule has 0 aliphatic heterocycles. The van der Waals surface area contributed by atoms with Crippen LogP contribution in [0.15, 0.2) is 18.7 Å². The minimum absolute atomic E-state index is 0.0953. The van der Waals surface area contributed by atoms with E-state index in [9.17, 15) is 4.79 Å². The first-order valence-electron chi connectivity index (χ1n) is 6.27. The van der Waals surface area contributed by atoms with Crippen molar-refractivity contribution in [2.24, 2.45) is 0 Å². The van der Waals surface area contributed by atoms with Crippen molar-refractivity contribution in [1.82, 2.24) is 14.9 Å². The van der Waals surface area contributed by atoms with Gasteiger partial charge in [0.2, 0.25) is 5.91 Å². The van der Waals surface area contributed by atoms with Gasteiger partial charge in [-0.3, -0.25) is 4.79 Å². The maximum atomic E-state index is 12.1. The second-order valence-electron chi connectivity index (χ2n) is 4.11. The van der Waals surface area contributed by atoms with Crippen LogP contribution < -0.4 is 0 Å². The number of methoxy groups -OCH3 is 2. The summed E-state index contributed by atoms with van der Waals surface area (Å²) in [7, 11) is 3.25. The van der Waals surface area contributed by atoms with E-state index in [1.807, 2.05) is 0 Å². The van der Waals surface area contributed by atoms with Gasteiger partial charge in [0.05, 0.1) is 13.2 Å². The van der Waals surface area contributed by atoms with Crippen LogP contribution in [-0.2, 0) is 20.7 Å². The summed E-state index contributed by atoms with van der Waals surface area (Å²) >= 11 is 0. The fourth-order valence-corrected chi connectivity index (χ4v) is 1.63. The summed E-state index contributed by atoms with van der Waals surface area (Å²) < 4.78 is 10.0. The van der Waals surface area contributed by atoms with E-state index >= 15 is 0 Å². The van der Waals surface area contributed by atoms with Gasteiger partial charge in [0.15, 0.2) is 0 Å². The fraction of sp³-hybridized carbons (Fsp3) is 0.615. The SMILES string of the molecule is COCCN(CCOC)C(=O)CCc1cncnc1. The first-order chi connectivity index (χ1) is 9.27. The number of carbonyl (C=O) groups excluding carboxylic acids is 1. The summed E-state index contributed by atoms with van der Waals surface area (Å²) in [5.41, 5.74) is 0.967. The predicted octanol–water partition coefficient (Wildman–Crippen LogP) is 0.531. The van der Waals surface area contributed by atoms with E-state index in [4.69, 9.17) is 9.47 Å². The molecule has 0 spiro atoms. The Labute approximate surface area is 113 Å². The highest BCUT2D eigenvalue weighted by Gasteiger charge is 2.12. The number of aryl methyl sites for hydroxylation is 1. The number of carbonyl (C=O) groups is 1. The molecule has 0 saturated heterocycles. The molecule has 1 aromatic heterocycles. The summed E-state index contributed by atoms with van der Waals surface area (Å²) in [6.07, 6.45) is 6.04. The van der Waals surface area contributed by atoms with Gasteiger partial charge in [-0.05, 0) is 12.0 Å². The van der Waals surface area contributed by atoms with Gasteiger partial charge in [0.25, 0.3) is 0 Å². The average Bonchev–Trinajstić information content (AvgIpc) is 2.46. The average molecular weight is 267 g/mol. The van der Waals surface area contributed by atoms with Gasteiger partial charge in [-0.2, -0.15) is 0 Å². The molecule has 19 heavy (non-hydrogen) atoms. The molecular formula is C13H21N3O3. The first kappa shape index (κ1) is 15.5. The van der Waals surface area contributed by atoms with Crippen molar-refractivity contribution in [3.8, 4) is 0 Å². The van der Waals surface area contributed by atoms with Crippen LogP contribution in [0.1, 0.15) is 12.0 Å². The van der Waals surface area contributed by atoms with E-state index in [1.165, 1.54) is 6.33 Å². The summed E-state index contributed by atoms with van der Waals surface area (Å²) in [4.78, 5) is 21.7. The molecule has 1 amide bonds. The van der Waals surface area contributed by atoms with Gasteiger partial charge >= 0.3 is 0 Å². The summed E-state index contributed by atoms with van der Waals surface area (Å²) in [6.45, 7) is 2.24. The third-order valence-corrected chi connectivity index (χ3v) is 2.72. The second-order valence-corrected chi connectivity index (χ2v) is 4.11. The van der Waals surface area contributed by atoms with Gasteiger partial charge in [-0.25, -0.2) is 9.97 Å². The Morgan fingerprint density at radius 2 is 1.74 bits per heavy atom. The van der Waals surface area contributed by atoms with E-state index in [0.29, 0.717) is 39.1 Å². The van der Waals surface area contributed by atoms with Crippen LogP contribution in [0.5, 0.6) is 0 Å². The Morgan fingerprint density at radius 1 is 1.16 bits per heavy atom. The Balaban J connectivity index is 2.41. The van der Waals surface area contributed by atoms with Crippen molar-refractivity contribution in [3.63, 3.8) is 0 Å². The smallest absolute Gasteiger partial charge is 0.223 e. The van der Waals surface area contributed by atoms with Gasteiger partial charge in [0, 0.05) is 46.1 Å². The zero-order chi connectivity index (χ0) is 13.9.